The molecule has 1 saturated heterocycles. The number of piperidine rings is 1. The topological polar surface area (TPSA) is 61.4 Å². The lowest BCUT2D eigenvalue weighted by Crippen LogP contribution is -2.41. The highest BCUT2D eigenvalue weighted by molar-refractivity contribution is 6.30. The minimum atomic E-state index is -0.126. The molecule has 4 rings (SSSR count). The van der Waals surface area contributed by atoms with Crippen molar-refractivity contribution in [3.05, 3.63) is 94.0 Å². The first kappa shape index (κ1) is 22.9. The van der Waals surface area contributed by atoms with Crippen LogP contribution >= 0.6 is 11.6 Å². The zero-order chi connectivity index (χ0) is 23.4. The Kier molecular flexibility index (Phi) is 6.99. The number of rotatable bonds is 4. The fourth-order valence-corrected chi connectivity index (χ4v) is 4.29. The fraction of sp³-hybridized carbons (Fsp3) is 0.259. The molecule has 6 heteroatoms. The molecule has 3 aromatic carbocycles. The third kappa shape index (κ3) is 5.74. The molecule has 0 bridgehead atoms. The molecule has 2 N–H and O–H groups in total. The summed E-state index contributed by atoms with van der Waals surface area (Å²) in [6.07, 6.45) is 1.89. The molecule has 1 heterocycles. The first-order valence-electron chi connectivity index (χ1n) is 11.2. The smallest absolute Gasteiger partial charge is 0.321 e. The second kappa shape index (κ2) is 10.1. The highest BCUT2D eigenvalue weighted by Crippen LogP contribution is 2.28. The summed E-state index contributed by atoms with van der Waals surface area (Å²) in [5, 5.41) is 6.61. The van der Waals surface area contributed by atoms with E-state index >= 15 is 0 Å². The Balaban J connectivity index is 1.44. The van der Waals surface area contributed by atoms with Gasteiger partial charge in [0.05, 0.1) is 0 Å². The Labute approximate surface area is 199 Å². The van der Waals surface area contributed by atoms with Crippen molar-refractivity contribution in [2.75, 3.05) is 23.7 Å². The van der Waals surface area contributed by atoms with Crippen LogP contribution in [0.3, 0.4) is 0 Å². The molecule has 3 amide bonds. The number of aryl methyl sites for hydroxylation is 2. The zero-order valence-electron chi connectivity index (χ0n) is 18.9. The molecule has 0 spiro atoms. The van der Waals surface area contributed by atoms with Gasteiger partial charge < -0.3 is 15.5 Å². The summed E-state index contributed by atoms with van der Waals surface area (Å²) < 4.78 is 0. The van der Waals surface area contributed by atoms with E-state index in [1.54, 1.807) is 24.3 Å². The van der Waals surface area contributed by atoms with Crippen molar-refractivity contribution in [3.63, 3.8) is 0 Å². The number of anilines is 2. The molecule has 1 fully saturated rings. The minimum absolute atomic E-state index is 0.120. The normalized spacial score (nSPS) is 15.7. The van der Waals surface area contributed by atoms with Crippen LogP contribution in [0, 0.1) is 13.8 Å². The predicted molar refractivity (Wildman–Crippen MR) is 134 cm³/mol. The molecule has 0 saturated carbocycles. The van der Waals surface area contributed by atoms with Crippen LogP contribution in [-0.4, -0.2) is 29.9 Å². The maximum absolute atomic E-state index is 12.9. The SMILES string of the molecule is Cc1ccc(C)c(NC(=O)c2cccc(C3CCCN(C(=O)Nc4ccc(Cl)cc4)C3)c2)c1. The van der Waals surface area contributed by atoms with Gasteiger partial charge in [-0.2, -0.15) is 0 Å². The summed E-state index contributed by atoms with van der Waals surface area (Å²) in [7, 11) is 0. The molecule has 170 valence electrons. The van der Waals surface area contributed by atoms with Crippen LogP contribution in [0.15, 0.2) is 66.7 Å². The molecule has 0 aromatic heterocycles. The van der Waals surface area contributed by atoms with Crippen LogP contribution in [-0.2, 0) is 0 Å². The molecule has 5 nitrogen and oxygen atoms in total. The number of halogens is 1. The van der Waals surface area contributed by atoms with Crippen LogP contribution in [0.4, 0.5) is 16.2 Å². The number of hydrogen-bond donors (Lipinski definition) is 2. The highest BCUT2D eigenvalue weighted by Gasteiger charge is 2.25. The van der Waals surface area contributed by atoms with Crippen LogP contribution in [0.1, 0.15) is 45.8 Å². The van der Waals surface area contributed by atoms with E-state index in [1.165, 1.54) is 0 Å². The number of benzene rings is 3. The van der Waals surface area contributed by atoms with Gasteiger partial charge in [-0.05, 0) is 85.8 Å². The number of nitrogens with one attached hydrogen (secondary N) is 2. The average molecular weight is 462 g/mol. The van der Waals surface area contributed by atoms with E-state index in [2.05, 4.69) is 10.6 Å². The Morgan fingerprint density at radius 3 is 2.55 bits per heavy atom. The van der Waals surface area contributed by atoms with E-state index < -0.39 is 0 Å². The number of urea groups is 1. The molecule has 3 aromatic rings. The lowest BCUT2D eigenvalue weighted by atomic mass is 9.89. The third-order valence-electron chi connectivity index (χ3n) is 6.07. The number of amides is 3. The quantitative estimate of drug-likeness (QED) is 0.458. The second-order valence-electron chi connectivity index (χ2n) is 8.62. The molecular formula is C27H28ClN3O2. The molecule has 33 heavy (non-hydrogen) atoms. The highest BCUT2D eigenvalue weighted by atomic mass is 35.5. The van der Waals surface area contributed by atoms with Crippen LogP contribution in [0.5, 0.6) is 0 Å². The Morgan fingerprint density at radius 1 is 0.970 bits per heavy atom. The third-order valence-corrected chi connectivity index (χ3v) is 6.32. The van der Waals surface area contributed by atoms with Gasteiger partial charge in [-0.25, -0.2) is 4.79 Å². The summed E-state index contributed by atoms with van der Waals surface area (Å²) in [4.78, 5) is 27.5. The average Bonchev–Trinajstić information content (AvgIpc) is 2.83. The zero-order valence-corrected chi connectivity index (χ0v) is 19.7. The van der Waals surface area contributed by atoms with Gasteiger partial charge in [-0.1, -0.05) is 35.9 Å². The van der Waals surface area contributed by atoms with Crippen molar-refractivity contribution in [1.29, 1.82) is 0 Å². The van der Waals surface area contributed by atoms with Gasteiger partial charge >= 0.3 is 6.03 Å². The van der Waals surface area contributed by atoms with Crippen LogP contribution in [0.25, 0.3) is 0 Å². The van der Waals surface area contributed by atoms with Crippen molar-refractivity contribution in [2.45, 2.75) is 32.6 Å². The van der Waals surface area contributed by atoms with E-state index in [0.29, 0.717) is 23.7 Å². The van der Waals surface area contributed by atoms with Gasteiger partial charge in [0.2, 0.25) is 0 Å². The van der Waals surface area contributed by atoms with Crippen molar-refractivity contribution in [3.8, 4) is 0 Å². The van der Waals surface area contributed by atoms with E-state index in [-0.39, 0.29) is 17.9 Å². The van der Waals surface area contributed by atoms with Gasteiger partial charge in [0.1, 0.15) is 0 Å². The van der Waals surface area contributed by atoms with Crippen molar-refractivity contribution in [2.24, 2.45) is 0 Å². The van der Waals surface area contributed by atoms with Gasteiger partial charge in [-0.3, -0.25) is 4.79 Å². The minimum Gasteiger partial charge on any atom is -0.324 e. The maximum Gasteiger partial charge on any atom is 0.321 e. The predicted octanol–water partition coefficient (Wildman–Crippen LogP) is 6.62. The number of hydrogen-bond acceptors (Lipinski definition) is 2. The van der Waals surface area contributed by atoms with Crippen molar-refractivity contribution in [1.82, 2.24) is 4.90 Å². The molecule has 1 aliphatic heterocycles. The summed E-state index contributed by atoms with van der Waals surface area (Å²) in [6, 6.07) is 20.7. The Bertz CT molecular complexity index is 1160. The Morgan fingerprint density at radius 2 is 1.76 bits per heavy atom. The van der Waals surface area contributed by atoms with Crippen molar-refractivity contribution >= 4 is 34.9 Å². The fourth-order valence-electron chi connectivity index (χ4n) is 4.17. The molecule has 1 aliphatic rings. The second-order valence-corrected chi connectivity index (χ2v) is 9.06. The van der Waals surface area contributed by atoms with Gasteiger partial charge in [0.15, 0.2) is 0 Å². The molecule has 1 unspecified atom stereocenters. The largest absolute Gasteiger partial charge is 0.324 e. The van der Waals surface area contributed by atoms with E-state index in [4.69, 9.17) is 11.6 Å². The van der Waals surface area contributed by atoms with Gasteiger partial charge in [0, 0.05) is 41.0 Å². The number of carbonyl (C=O) groups is 2. The summed E-state index contributed by atoms with van der Waals surface area (Å²) in [6.45, 7) is 5.31. The van der Waals surface area contributed by atoms with E-state index in [1.807, 2.05) is 61.2 Å². The number of likely N-dealkylation sites (tertiary alicyclic amines) is 1. The molecule has 1 atom stereocenters. The number of nitrogens with zero attached hydrogens (tertiary/aromatic N) is 1. The molecule has 0 radical (unpaired) electrons. The summed E-state index contributed by atoms with van der Waals surface area (Å²) in [5.74, 6) is 0.0573. The summed E-state index contributed by atoms with van der Waals surface area (Å²) >= 11 is 5.93. The van der Waals surface area contributed by atoms with Crippen LogP contribution in [0.2, 0.25) is 5.02 Å². The lowest BCUT2D eigenvalue weighted by Gasteiger charge is -2.33. The van der Waals surface area contributed by atoms with E-state index in [0.717, 1.165) is 40.9 Å². The van der Waals surface area contributed by atoms with Crippen molar-refractivity contribution < 1.29 is 9.59 Å². The first-order chi connectivity index (χ1) is 15.9. The lowest BCUT2D eigenvalue weighted by molar-refractivity contribution is 0.102. The monoisotopic (exact) mass is 461 g/mol. The van der Waals surface area contributed by atoms with Gasteiger partial charge in [0.25, 0.3) is 5.91 Å². The van der Waals surface area contributed by atoms with Gasteiger partial charge in [-0.15, -0.1) is 0 Å². The molecular weight excluding hydrogens is 434 g/mol. The molecule has 0 aliphatic carbocycles. The number of carbonyl (C=O) groups excluding carboxylic acids is 2. The van der Waals surface area contributed by atoms with E-state index in [9.17, 15) is 9.59 Å². The first-order valence-corrected chi connectivity index (χ1v) is 11.6. The standard InChI is InChI=1S/C27H28ClN3O2/c1-18-8-9-19(2)25(15-18)30-26(32)21-6-3-5-20(16-21)22-7-4-14-31(17-22)27(33)29-24-12-10-23(28)11-13-24/h3,5-6,8-13,15-16,22H,4,7,14,17H2,1-2H3,(H,29,33)(H,30,32). The maximum atomic E-state index is 12.9. The summed E-state index contributed by atoms with van der Waals surface area (Å²) in [5.41, 5.74) is 5.37. The van der Waals surface area contributed by atoms with Crippen LogP contribution < -0.4 is 10.6 Å². The Hall–Kier alpha value is -3.31.